The van der Waals surface area contributed by atoms with E-state index in [1.54, 1.807) is 13.0 Å². The number of hydrogen-bond donors (Lipinski definition) is 3. The quantitative estimate of drug-likeness (QED) is 0.680. The van der Waals surface area contributed by atoms with Crippen molar-refractivity contribution in [2.75, 3.05) is 6.54 Å². The Kier molecular flexibility index (Phi) is 4.42. The van der Waals surface area contributed by atoms with Crippen LogP contribution in [-0.4, -0.2) is 22.6 Å². The standard InChI is InChI=1S/C14H22N2O2/c1-10-13(14(17)18)8-12(16-10)9-15-7-6-11-4-2-3-5-11/h8,11,15-16H,2-7,9H2,1H3,(H,17,18). The highest BCUT2D eigenvalue weighted by molar-refractivity contribution is 5.89. The number of nitrogens with one attached hydrogen (secondary N) is 2. The van der Waals surface area contributed by atoms with Crippen molar-refractivity contribution in [3.63, 3.8) is 0 Å². The molecule has 1 fully saturated rings. The lowest BCUT2D eigenvalue weighted by Crippen LogP contribution is -2.17. The fourth-order valence-corrected chi connectivity index (χ4v) is 2.77. The summed E-state index contributed by atoms with van der Waals surface area (Å²) in [5.74, 6) is 0.0402. The molecule has 18 heavy (non-hydrogen) atoms. The van der Waals surface area contributed by atoms with E-state index < -0.39 is 5.97 Å². The van der Waals surface area contributed by atoms with Crippen LogP contribution in [0.4, 0.5) is 0 Å². The maximum atomic E-state index is 10.9. The van der Waals surface area contributed by atoms with Gasteiger partial charge < -0.3 is 15.4 Å². The van der Waals surface area contributed by atoms with Gasteiger partial charge in [0.25, 0.3) is 0 Å². The van der Waals surface area contributed by atoms with E-state index in [0.717, 1.165) is 30.4 Å². The van der Waals surface area contributed by atoms with E-state index in [9.17, 15) is 4.79 Å². The van der Waals surface area contributed by atoms with Gasteiger partial charge in [0.15, 0.2) is 0 Å². The number of aryl methyl sites for hydroxylation is 1. The summed E-state index contributed by atoms with van der Waals surface area (Å²) < 4.78 is 0. The first kappa shape index (κ1) is 13.1. The molecule has 0 radical (unpaired) electrons. The molecule has 100 valence electrons. The molecule has 1 aliphatic carbocycles. The van der Waals surface area contributed by atoms with E-state index >= 15 is 0 Å². The van der Waals surface area contributed by atoms with Crippen molar-refractivity contribution in [3.8, 4) is 0 Å². The van der Waals surface area contributed by atoms with Gasteiger partial charge in [-0.3, -0.25) is 0 Å². The van der Waals surface area contributed by atoms with Gasteiger partial charge in [0, 0.05) is 17.9 Å². The normalized spacial score (nSPS) is 16.3. The summed E-state index contributed by atoms with van der Waals surface area (Å²) in [6.07, 6.45) is 6.79. The molecule has 0 unspecified atom stereocenters. The third-order valence-corrected chi connectivity index (χ3v) is 3.82. The summed E-state index contributed by atoms with van der Waals surface area (Å²) in [6, 6.07) is 1.72. The number of hydrogen-bond acceptors (Lipinski definition) is 2. The maximum absolute atomic E-state index is 10.9. The first-order valence-electron chi connectivity index (χ1n) is 6.79. The van der Waals surface area contributed by atoms with Gasteiger partial charge in [-0.1, -0.05) is 25.7 Å². The SMILES string of the molecule is Cc1[nH]c(CNCCC2CCCC2)cc1C(=O)O. The van der Waals surface area contributed by atoms with Crippen LogP contribution < -0.4 is 5.32 Å². The fourth-order valence-electron chi connectivity index (χ4n) is 2.77. The summed E-state index contributed by atoms with van der Waals surface area (Å²) in [6.45, 7) is 3.54. The number of carbonyl (C=O) groups is 1. The Morgan fingerprint density at radius 3 is 2.83 bits per heavy atom. The second-order valence-electron chi connectivity index (χ2n) is 5.25. The Hall–Kier alpha value is -1.29. The Balaban J connectivity index is 1.72. The Labute approximate surface area is 108 Å². The third kappa shape index (κ3) is 3.35. The molecule has 1 saturated carbocycles. The largest absolute Gasteiger partial charge is 0.478 e. The molecule has 1 heterocycles. The van der Waals surface area contributed by atoms with Gasteiger partial charge in [-0.15, -0.1) is 0 Å². The van der Waals surface area contributed by atoms with E-state index in [2.05, 4.69) is 10.3 Å². The van der Waals surface area contributed by atoms with Crippen LogP contribution in [0.2, 0.25) is 0 Å². The zero-order chi connectivity index (χ0) is 13.0. The Bertz CT molecular complexity index is 406. The second-order valence-corrected chi connectivity index (χ2v) is 5.25. The number of carboxylic acid groups (broad SMARTS) is 1. The molecule has 0 aromatic carbocycles. The molecule has 1 aromatic heterocycles. The molecule has 0 aliphatic heterocycles. The van der Waals surface area contributed by atoms with Gasteiger partial charge in [0.1, 0.15) is 0 Å². The van der Waals surface area contributed by atoms with Crippen LogP contribution in [0.5, 0.6) is 0 Å². The average molecular weight is 250 g/mol. The molecule has 0 spiro atoms. The zero-order valence-electron chi connectivity index (χ0n) is 11.0. The molecule has 0 atom stereocenters. The molecule has 0 saturated heterocycles. The maximum Gasteiger partial charge on any atom is 0.337 e. The molecule has 1 aromatic rings. The van der Waals surface area contributed by atoms with Crippen molar-refractivity contribution < 1.29 is 9.90 Å². The van der Waals surface area contributed by atoms with Crippen LogP contribution in [0.25, 0.3) is 0 Å². The molecule has 0 bridgehead atoms. The summed E-state index contributed by atoms with van der Waals surface area (Å²) in [7, 11) is 0. The minimum atomic E-state index is -0.860. The van der Waals surface area contributed by atoms with Crippen LogP contribution in [0.1, 0.15) is 53.8 Å². The van der Waals surface area contributed by atoms with Gasteiger partial charge in [-0.05, 0) is 31.9 Å². The van der Waals surface area contributed by atoms with E-state index in [0.29, 0.717) is 5.56 Å². The zero-order valence-corrected chi connectivity index (χ0v) is 11.0. The van der Waals surface area contributed by atoms with Crippen molar-refractivity contribution >= 4 is 5.97 Å². The Morgan fingerprint density at radius 2 is 2.22 bits per heavy atom. The predicted molar refractivity (Wildman–Crippen MR) is 70.8 cm³/mol. The number of aromatic amines is 1. The van der Waals surface area contributed by atoms with E-state index in [-0.39, 0.29) is 0 Å². The van der Waals surface area contributed by atoms with Crippen LogP contribution >= 0.6 is 0 Å². The number of carboxylic acids is 1. The number of aromatic carboxylic acids is 1. The number of aromatic nitrogens is 1. The van der Waals surface area contributed by atoms with E-state index in [1.165, 1.54) is 32.1 Å². The van der Waals surface area contributed by atoms with E-state index in [4.69, 9.17) is 5.11 Å². The van der Waals surface area contributed by atoms with Crippen molar-refractivity contribution in [3.05, 3.63) is 23.0 Å². The topological polar surface area (TPSA) is 65.1 Å². The molecular formula is C14H22N2O2. The summed E-state index contributed by atoms with van der Waals surface area (Å²) in [4.78, 5) is 14.0. The summed E-state index contributed by atoms with van der Waals surface area (Å²) >= 11 is 0. The molecule has 3 N–H and O–H groups in total. The van der Waals surface area contributed by atoms with Gasteiger partial charge >= 0.3 is 5.97 Å². The molecule has 1 aliphatic rings. The highest BCUT2D eigenvalue weighted by atomic mass is 16.4. The molecule has 4 heteroatoms. The molecule has 4 nitrogen and oxygen atoms in total. The molecule has 0 amide bonds. The number of rotatable bonds is 6. The lowest BCUT2D eigenvalue weighted by atomic mass is 10.0. The monoisotopic (exact) mass is 250 g/mol. The second kappa shape index (κ2) is 6.05. The third-order valence-electron chi connectivity index (χ3n) is 3.82. The van der Waals surface area contributed by atoms with Crippen molar-refractivity contribution in [2.24, 2.45) is 5.92 Å². The summed E-state index contributed by atoms with van der Waals surface area (Å²) in [5, 5.41) is 12.3. The highest BCUT2D eigenvalue weighted by Crippen LogP contribution is 2.26. The minimum absolute atomic E-state index is 0.377. The van der Waals surface area contributed by atoms with Crippen LogP contribution in [0.15, 0.2) is 6.07 Å². The van der Waals surface area contributed by atoms with Crippen molar-refractivity contribution in [2.45, 2.75) is 45.6 Å². The van der Waals surface area contributed by atoms with Gasteiger partial charge in [0.2, 0.25) is 0 Å². The smallest absolute Gasteiger partial charge is 0.337 e. The van der Waals surface area contributed by atoms with Crippen LogP contribution in [-0.2, 0) is 6.54 Å². The Morgan fingerprint density at radius 1 is 1.50 bits per heavy atom. The first-order chi connectivity index (χ1) is 8.66. The first-order valence-corrected chi connectivity index (χ1v) is 6.79. The fraction of sp³-hybridized carbons (Fsp3) is 0.643. The average Bonchev–Trinajstić information content (AvgIpc) is 2.94. The van der Waals surface area contributed by atoms with Crippen LogP contribution in [0.3, 0.4) is 0 Å². The lowest BCUT2D eigenvalue weighted by molar-refractivity contribution is 0.0696. The van der Waals surface area contributed by atoms with E-state index in [1.807, 2.05) is 0 Å². The lowest BCUT2D eigenvalue weighted by Gasteiger charge is -2.08. The predicted octanol–water partition coefficient (Wildman–Crippen LogP) is 2.69. The number of H-pyrrole nitrogens is 1. The van der Waals surface area contributed by atoms with Crippen molar-refractivity contribution in [1.82, 2.24) is 10.3 Å². The molecule has 2 rings (SSSR count). The van der Waals surface area contributed by atoms with Crippen LogP contribution in [0, 0.1) is 12.8 Å². The minimum Gasteiger partial charge on any atom is -0.478 e. The van der Waals surface area contributed by atoms with Gasteiger partial charge in [-0.25, -0.2) is 4.79 Å². The highest BCUT2D eigenvalue weighted by Gasteiger charge is 2.14. The molecular weight excluding hydrogens is 228 g/mol. The van der Waals surface area contributed by atoms with Gasteiger partial charge in [0.05, 0.1) is 5.56 Å². The van der Waals surface area contributed by atoms with Crippen molar-refractivity contribution in [1.29, 1.82) is 0 Å². The van der Waals surface area contributed by atoms with Gasteiger partial charge in [-0.2, -0.15) is 0 Å². The summed E-state index contributed by atoms with van der Waals surface area (Å²) in [5.41, 5.74) is 2.06.